The quantitative estimate of drug-likeness (QED) is 0.708. The van der Waals surface area contributed by atoms with E-state index < -0.39 is 0 Å². The first-order valence-corrected chi connectivity index (χ1v) is 4.18. The first kappa shape index (κ1) is 8.68. The van der Waals surface area contributed by atoms with E-state index >= 15 is 0 Å². The molecule has 2 aromatic heterocycles. The molecule has 0 saturated carbocycles. The van der Waals surface area contributed by atoms with Crippen LogP contribution < -0.4 is 4.74 Å². The molecular formula is C9H10N4O. The van der Waals surface area contributed by atoms with Gasteiger partial charge in [-0.3, -0.25) is 4.57 Å². The fourth-order valence-corrected chi connectivity index (χ4v) is 1.18. The van der Waals surface area contributed by atoms with Crippen LogP contribution in [0.25, 0.3) is 5.69 Å². The standard InChI is InChI=1S/C9H10N4O/c1-7-12-11-6-13(7)8-3-4-9(14-2)10-5-8/h3-6H,1-2H3. The number of hydrogen-bond acceptors (Lipinski definition) is 4. The van der Waals surface area contributed by atoms with Crippen LogP contribution in [0.5, 0.6) is 5.88 Å². The third-order valence-corrected chi connectivity index (χ3v) is 1.93. The molecule has 5 nitrogen and oxygen atoms in total. The van der Waals surface area contributed by atoms with Crippen LogP contribution in [0.3, 0.4) is 0 Å². The Hall–Kier alpha value is -1.91. The van der Waals surface area contributed by atoms with Gasteiger partial charge in [-0.1, -0.05) is 0 Å². The maximum atomic E-state index is 4.97. The van der Waals surface area contributed by atoms with Gasteiger partial charge in [0.25, 0.3) is 0 Å². The predicted octanol–water partition coefficient (Wildman–Crippen LogP) is 0.979. The molecule has 0 saturated heterocycles. The van der Waals surface area contributed by atoms with Crippen LogP contribution in [0.2, 0.25) is 0 Å². The summed E-state index contributed by atoms with van der Waals surface area (Å²) >= 11 is 0. The SMILES string of the molecule is COc1ccc(-n2cnnc2C)cn1. The van der Waals surface area contributed by atoms with Crippen molar-refractivity contribution in [2.24, 2.45) is 0 Å². The monoisotopic (exact) mass is 190 g/mol. The van der Waals surface area contributed by atoms with Gasteiger partial charge in [-0.05, 0) is 13.0 Å². The Balaban J connectivity index is 2.39. The Bertz CT molecular complexity index is 421. The fourth-order valence-electron chi connectivity index (χ4n) is 1.18. The van der Waals surface area contributed by atoms with Gasteiger partial charge in [0.1, 0.15) is 12.2 Å². The van der Waals surface area contributed by atoms with E-state index in [4.69, 9.17) is 4.74 Å². The summed E-state index contributed by atoms with van der Waals surface area (Å²) in [4.78, 5) is 4.10. The van der Waals surface area contributed by atoms with Crippen LogP contribution in [0.1, 0.15) is 5.82 Å². The number of ether oxygens (including phenoxy) is 1. The lowest BCUT2D eigenvalue weighted by molar-refractivity contribution is 0.398. The Kier molecular flexibility index (Phi) is 2.14. The summed E-state index contributed by atoms with van der Waals surface area (Å²) in [6, 6.07) is 3.71. The zero-order valence-corrected chi connectivity index (χ0v) is 8.01. The summed E-state index contributed by atoms with van der Waals surface area (Å²) in [6.45, 7) is 1.89. The summed E-state index contributed by atoms with van der Waals surface area (Å²) in [5, 5.41) is 7.68. The average molecular weight is 190 g/mol. The minimum absolute atomic E-state index is 0.597. The number of pyridine rings is 1. The van der Waals surface area contributed by atoms with E-state index in [0.717, 1.165) is 11.5 Å². The van der Waals surface area contributed by atoms with Gasteiger partial charge in [0.2, 0.25) is 5.88 Å². The highest BCUT2D eigenvalue weighted by molar-refractivity contribution is 5.31. The van der Waals surface area contributed by atoms with Gasteiger partial charge in [-0.25, -0.2) is 4.98 Å². The minimum atomic E-state index is 0.597. The third kappa shape index (κ3) is 1.44. The first-order chi connectivity index (χ1) is 6.81. The highest BCUT2D eigenvalue weighted by Gasteiger charge is 2.01. The van der Waals surface area contributed by atoms with Crippen molar-refractivity contribution in [2.75, 3.05) is 7.11 Å². The van der Waals surface area contributed by atoms with Crippen LogP contribution in [-0.4, -0.2) is 26.9 Å². The van der Waals surface area contributed by atoms with Crippen LogP contribution in [-0.2, 0) is 0 Å². The molecule has 0 atom stereocenters. The van der Waals surface area contributed by atoms with E-state index in [1.807, 2.05) is 17.6 Å². The Labute approximate surface area is 81.4 Å². The Morgan fingerprint density at radius 3 is 2.71 bits per heavy atom. The van der Waals surface area contributed by atoms with E-state index in [0.29, 0.717) is 5.88 Å². The maximum absolute atomic E-state index is 4.97. The van der Waals surface area contributed by atoms with Crippen molar-refractivity contribution in [1.29, 1.82) is 0 Å². The van der Waals surface area contributed by atoms with Gasteiger partial charge < -0.3 is 4.74 Å². The van der Waals surface area contributed by atoms with Gasteiger partial charge in [-0.2, -0.15) is 0 Å². The van der Waals surface area contributed by atoms with Crippen LogP contribution in [0.4, 0.5) is 0 Å². The molecule has 0 amide bonds. The van der Waals surface area contributed by atoms with Crippen molar-refractivity contribution < 1.29 is 4.74 Å². The number of hydrogen-bond donors (Lipinski definition) is 0. The molecule has 72 valence electrons. The fraction of sp³-hybridized carbons (Fsp3) is 0.222. The number of methoxy groups -OCH3 is 1. The summed E-state index contributed by atoms with van der Waals surface area (Å²) in [6.07, 6.45) is 3.37. The van der Waals surface area contributed by atoms with Crippen LogP contribution in [0, 0.1) is 6.92 Å². The molecule has 0 aromatic carbocycles. The number of aromatic nitrogens is 4. The summed E-state index contributed by atoms with van der Waals surface area (Å²) < 4.78 is 6.82. The van der Waals surface area contributed by atoms with E-state index in [9.17, 15) is 0 Å². The van der Waals surface area contributed by atoms with Crippen molar-refractivity contribution in [3.63, 3.8) is 0 Å². The smallest absolute Gasteiger partial charge is 0.213 e. The van der Waals surface area contributed by atoms with Crippen molar-refractivity contribution in [1.82, 2.24) is 19.7 Å². The molecule has 0 fully saturated rings. The van der Waals surface area contributed by atoms with Crippen LogP contribution in [0.15, 0.2) is 24.7 Å². The molecule has 0 bridgehead atoms. The normalized spacial score (nSPS) is 10.1. The molecule has 2 rings (SSSR count). The largest absolute Gasteiger partial charge is 0.481 e. The van der Waals surface area contributed by atoms with E-state index in [2.05, 4.69) is 15.2 Å². The molecule has 14 heavy (non-hydrogen) atoms. The first-order valence-electron chi connectivity index (χ1n) is 4.18. The zero-order chi connectivity index (χ0) is 9.97. The number of aryl methyl sites for hydroxylation is 1. The molecule has 2 aromatic rings. The summed E-state index contributed by atoms with van der Waals surface area (Å²) in [5.74, 6) is 1.43. The summed E-state index contributed by atoms with van der Waals surface area (Å²) in [7, 11) is 1.59. The van der Waals surface area contributed by atoms with Crippen molar-refractivity contribution in [3.05, 3.63) is 30.5 Å². The van der Waals surface area contributed by atoms with Gasteiger partial charge in [-0.15, -0.1) is 10.2 Å². The lowest BCUT2D eigenvalue weighted by Gasteiger charge is -2.03. The third-order valence-electron chi connectivity index (χ3n) is 1.93. The lowest BCUT2D eigenvalue weighted by atomic mass is 10.4. The average Bonchev–Trinajstić information content (AvgIpc) is 2.65. The highest BCUT2D eigenvalue weighted by atomic mass is 16.5. The molecule has 0 N–H and O–H groups in total. The molecule has 0 aliphatic rings. The van der Waals surface area contributed by atoms with E-state index in [-0.39, 0.29) is 0 Å². The molecule has 2 heterocycles. The van der Waals surface area contributed by atoms with E-state index in [1.165, 1.54) is 0 Å². The molecule has 0 unspecified atom stereocenters. The Morgan fingerprint density at radius 1 is 1.36 bits per heavy atom. The molecule has 0 aliphatic carbocycles. The number of nitrogens with zero attached hydrogens (tertiary/aromatic N) is 4. The molecule has 5 heteroatoms. The second-order valence-corrected chi connectivity index (χ2v) is 2.81. The highest BCUT2D eigenvalue weighted by Crippen LogP contribution is 2.11. The Morgan fingerprint density at radius 2 is 2.21 bits per heavy atom. The van der Waals surface area contributed by atoms with Crippen molar-refractivity contribution in [3.8, 4) is 11.6 Å². The maximum Gasteiger partial charge on any atom is 0.213 e. The second kappa shape index (κ2) is 3.45. The lowest BCUT2D eigenvalue weighted by Crippen LogP contribution is -1.96. The second-order valence-electron chi connectivity index (χ2n) is 2.81. The predicted molar refractivity (Wildman–Crippen MR) is 50.4 cm³/mol. The molecule has 0 spiro atoms. The van der Waals surface area contributed by atoms with Gasteiger partial charge in [0, 0.05) is 6.07 Å². The van der Waals surface area contributed by atoms with E-state index in [1.54, 1.807) is 25.7 Å². The zero-order valence-electron chi connectivity index (χ0n) is 8.01. The molecule has 0 radical (unpaired) electrons. The van der Waals surface area contributed by atoms with Crippen molar-refractivity contribution >= 4 is 0 Å². The van der Waals surface area contributed by atoms with Crippen molar-refractivity contribution in [2.45, 2.75) is 6.92 Å². The number of rotatable bonds is 2. The topological polar surface area (TPSA) is 52.8 Å². The van der Waals surface area contributed by atoms with Gasteiger partial charge in [0.15, 0.2) is 0 Å². The molecule has 0 aliphatic heterocycles. The van der Waals surface area contributed by atoms with Gasteiger partial charge in [0.05, 0.1) is 19.0 Å². The minimum Gasteiger partial charge on any atom is -0.481 e. The molecular weight excluding hydrogens is 180 g/mol. The summed E-state index contributed by atoms with van der Waals surface area (Å²) in [5.41, 5.74) is 0.924. The van der Waals surface area contributed by atoms with Gasteiger partial charge >= 0.3 is 0 Å². The van der Waals surface area contributed by atoms with Crippen LogP contribution >= 0.6 is 0 Å².